The highest BCUT2D eigenvalue weighted by Gasteiger charge is 2.52. The second-order valence-electron chi connectivity index (χ2n) is 5.49. The summed E-state index contributed by atoms with van der Waals surface area (Å²) in [5, 5.41) is 10.7. The van der Waals surface area contributed by atoms with Gasteiger partial charge in [-0.05, 0) is 55.2 Å². The molecule has 0 bridgehead atoms. The Labute approximate surface area is 99.5 Å². The first-order chi connectivity index (χ1) is 8.08. The normalized spacial score (nSPS) is 20.6. The Morgan fingerprint density at radius 2 is 1.47 bits per heavy atom. The van der Waals surface area contributed by atoms with Crippen molar-refractivity contribution in [2.75, 3.05) is 0 Å². The first-order valence-electron chi connectivity index (χ1n) is 6.25. The van der Waals surface area contributed by atoms with E-state index in [0.29, 0.717) is 23.8 Å². The van der Waals surface area contributed by atoms with Crippen molar-refractivity contribution in [1.29, 1.82) is 0 Å². The molecule has 0 atom stereocenters. The molecule has 0 saturated heterocycles. The maximum absolute atomic E-state index is 13.1. The lowest BCUT2D eigenvalue weighted by molar-refractivity contribution is -0.00461. The van der Waals surface area contributed by atoms with Gasteiger partial charge in [-0.25, -0.2) is 8.78 Å². The predicted octanol–water partition coefficient (Wildman–Crippen LogP) is 3.06. The number of hydrogen-bond acceptors (Lipinski definition) is 1. The van der Waals surface area contributed by atoms with Crippen molar-refractivity contribution in [3.63, 3.8) is 0 Å². The molecular weight excluding hydrogens is 222 g/mol. The average molecular weight is 238 g/mol. The topological polar surface area (TPSA) is 20.2 Å². The van der Waals surface area contributed by atoms with Gasteiger partial charge in [-0.15, -0.1) is 0 Å². The van der Waals surface area contributed by atoms with Gasteiger partial charge in [0.25, 0.3) is 0 Å². The van der Waals surface area contributed by atoms with Crippen LogP contribution in [0.25, 0.3) is 0 Å². The number of benzene rings is 1. The summed E-state index contributed by atoms with van der Waals surface area (Å²) in [5.41, 5.74) is -0.149. The number of hydrogen-bond donors (Lipinski definition) is 1. The molecule has 1 nitrogen and oxygen atoms in total. The number of halogens is 2. The molecule has 3 rings (SSSR count). The summed E-state index contributed by atoms with van der Waals surface area (Å²) in [4.78, 5) is 0. The van der Waals surface area contributed by atoms with Gasteiger partial charge >= 0.3 is 0 Å². The third-order valence-electron chi connectivity index (χ3n) is 3.98. The van der Waals surface area contributed by atoms with Crippen LogP contribution in [-0.4, -0.2) is 10.7 Å². The maximum Gasteiger partial charge on any atom is 0.126 e. The van der Waals surface area contributed by atoms with Crippen LogP contribution in [0, 0.1) is 23.5 Å². The summed E-state index contributed by atoms with van der Waals surface area (Å²) >= 11 is 0. The zero-order chi connectivity index (χ0) is 12.0. The summed E-state index contributed by atoms with van der Waals surface area (Å²) in [6, 6.07) is 3.54. The summed E-state index contributed by atoms with van der Waals surface area (Å²) in [5.74, 6) is -0.453. The first-order valence-corrected chi connectivity index (χ1v) is 6.25. The second kappa shape index (κ2) is 3.77. The molecule has 1 aromatic rings. The zero-order valence-electron chi connectivity index (χ0n) is 9.63. The van der Waals surface area contributed by atoms with Crippen LogP contribution in [0.2, 0.25) is 0 Å². The molecule has 1 N–H and O–H groups in total. The summed E-state index contributed by atoms with van der Waals surface area (Å²) in [7, 11) is 0. The van der Waals surface area contributed by atoms with Crippen LogP contribution in [0.5, 0.6) is 0 Å². The van der Waals surface area contributed by atoms with E-state index in [1.807, 2.05) is 0 Å². The van der Waals surface area contributed by atoms with Crippen LogP contribution >= 0.6 is 0 Å². The Hall–Kier alpha value is -0.960. The van der Waals surface area contributed by atoms with E-state index in [4.69, 9.17) is 0 Å². The van der Waals surface area contributed by atoms with E-state index in [2.05, 4.69) is 0 Å². The molecule has 3 heteroatoms. The third kappa shape index (κ3) is 2.21. The minimum Gasteiger partial charge on any atom is -0.389 e. The molecule has 0 aliphatic heterocycles. The van der Waals surface area contributed by atoms with Gasteiger partial charge in [0, 0.05) is 12.5 Å². The van der Waals surface area contributed by atoms with Gasteiger partial charge in [0.1, 0.15) is 11.6 Å². The van der Waals surface area contributed by atoms with Gasteiger partial charge in [-0.1, -0.05) is 0 Å². The molecule has 92 valence electrons. The van der Waals surface area contributed by atoms with Crippen LogP contribution in [0.15, 0.2) is 18.2 Å². The smallest absolute Gasteiger partial charge is 0.126 e. The van der Waals surface area contributed by atoms with E-state index in [1.165, 1.54) is 12.1 Å². The van der Waals surface area contributed by atoms with Crippen LogP contribution in [0.1, 0.15) is 31.2 Å². The molecule has 0 amide bonds. The lowest BCUT2D eigenvalue weighted by atomic mass is 9.85. The molecule has 17 heavy (non-hydrogen) atoms. The van der Waals surface area contributed by atoms with E-state index < -0.39 is 17.2 Å². The van der Waals surface area contributed by atoms with Crippen LogP contribution < -0.4 is 0 Å². The summed E-state index contributed by atoms with van der Waals surface area (Å²) < 4.78 is 26.2. The Bertz CT molecular complexity index is 404. The fourth-order valence-corrected chi connectivity index (χ4v) is 2.83. The molecule has 2 saturated carbocycles. The van der Waals surface area contributed by atoms with Gasteiger partial charge in [0.05, 0.1) is 5.60 Å². The monoisotopic (exact) mass is 238 g/mol. The molecule has 0 unspecified atom stereocenters. The lowest BCUT2D eigenvalue weighted by Gasteiger charge is -2.28. The minimum atomic E-state index is -0.722. The van der Waals surface area contributed by atoms with Crippen molar-refractivity contribution >= 4 is 0 Å². The lowest BCUT2D eigenvalue weighted by Crippen LogP contribution is -2.36. The highest BCUT2D eigenvalue weighted by atomic mass is 19.1. The second-order valence-corrected chi connectivity index (χ2v) is 5.49. The molecule has 0 radical (unpaired) electrons. The Kier molecular flexibility index (Phi) is 2.47. The van der Waals surface area contributed by atoms with Crippen molar-refractivity contribution in [3.8, 4) is 0 Å². The summed E-state index contributed by atoms with van der Waals surface area (Å²) in [6.07, 6.45) is 4.57. The quantitative estimate of drug-likeness (QED) is 0.854. The average Bonchev–Trinajstić information content (AvgIpc) is 3.09. The zero-order valence-corrected chi connectivity index (χ0v) is 9.63. The molecule has 2 aliphatic rings. The Balaban J connectivity index is 1.84. The minimum absolute atomic E-state index is 0.335. The fraction of sp³-hybridized carbons (Fsp3) is 0.571. The van der Waals surface area contributed by atoms with Crippen molar-refractivity contribution in [2.45, 2.75) is 37.7 Å². The highest BCUT2D eigenvalue weighted by Crippen LogP contribution is 2.53. The largest absolute Gasteiger partial charge is 0.389 e. The third-order valence-corrected chi connectivity index (χ3v) is 3.98. The molecule has 2 aliphatic carbocycles. The van der Waals surface area contributed by atoms with Crippen molar-refractivity contribution in [1.82, 2.24) is 0 Å². The van der Waals surface area contributed by atoms with E-state index in [0.717, 1.165) is 31.7 Å². The molecule has 0 aromatic heterocycles. The van der Waals surface area contributed by atoms with E-state index in [1.54, 1.807) is 0 Å². The first kappa shape index (κ1) is 11.1. The van der Waals surface area contributed by atoms with E-state index in [-0.39, 0.29) is 0 Å². The van der Waals surface area contributed by atoms with Gasteiger partial charge in [0.15, 0.2) is 0 Å². The Morgan fingerprint density at radius 1 is 1.00 bits per heavy atom. The van der Waals surface area contributed by atoms with Gasteiger partial charge in [0.2, 0.25) is 0 Å². The molecule has 2 fully saturated rings. The van der Waals surface area contributed by atoms with Crippen molar-refractivity contribution in [2.24, 2.45) is 11.8 Å². The molecular formula is C14H16F2O. The van der Waals surface area contributed by atoms with Gasteiger partial charge in [-0.3, -0.25) is 0 Å². The van der Waals surface area contributed by atoms with E-state index >= 15 is 0 Å². The number of rotatable bonds is 4. The van der Waals surface area contributed by atoms with E-state index in [9.17, 15) is 13.9 Å². The maximum atomic E-state index is 13.1. The molecule has 0 spiro atoms. The summed E-state index contributed by atoms with van der Waals surface area (Å²) in [6.45, 7) is 0. The standard InChI is InChI=1S/C14H16F2O/c15-12-5-9(6-13(16)7-12)8-14(17,10-1-2-10)11-3-4-11/h5-7,10-11,17H,1-4,8H2. The van der Waals surface area contributed by atoms with Crippen LogP contribution in [-0.2, 0) is 6.42 Å². The van der Waals surface area contributed by atoms with Crippen LogP contribution in [0.3, 0.4) is 0 Å². The van der Waals surface area contributed by atoms with Gasteiger partial charge in [-0.2, -0.15) is 0 Å². The van der Waals surface area contributed by atoms with Crippen LogP contribution in [0.4, 0.5) is 8.78 Å². The predicted molar refractivity (Wildman–Crippen MR) is 60.5 cm³/mol. The Morgan fingerprint density at radius 3 is 1.88 bits per heavy atom. The van der Waals surface area contributed by atoms with Crippen molar-refractivity contribution in [3.05, 3.63) is 35.4 Å². The number of aliphatic hydroxyl groups is 1. The fourth-order valence-electron chi connectivity index (χ4n) is 2.83. The van der Waals surface area contributed by atoms with Crippen molar-refractivity contribution < 1.29 is 13.9 Å². The molecule has 0 heterocycles. The SMILES string of the molecule is OC(Cc1cc(F)cc(F)c1)(C1CC1)C1CC1. The highest BCUT2D eigenvalue weighted by molar-refractivity contribution is 5.22. The molecule has 1 aromatic carbocycles. The van der Waals surface area contributed by atoms with Gasteiger partial charge < -0.3 is 5.11 Å².